The molecule has 0 aliphatic heterocycles. The van der Waals surface area contributed by atoms with Gasteiger partial charge in [-0.3, -0.25) is 4.79 Å². The van der Waals surface area contributed by atoms with Crippen molar-refractivity contribution in [1.29, 1.82) is 0 Å². The van der Waals surface area contributed by atoms with Gasteiger partial charge in [-0.25, -0.2) is 0 Å². The maximum Gasteiger partial charge on any atom is 0.221 e. The molecule has 0 aliphatic rings. The Labute approximate surface area is 94.9 Å². The first kappa shape index (κ1) is 10.7. The van der Waals surface area contributed by atoms with Crippen LogP contribution in [0.15, 0.2) is 18.2 Å². The van der Waals surface area contributed by atoms with Crippen molar-refractivity contribution in [2.45, 2.75) is 20.3 Å². The quantitative estimate of drug-likeness (QED) is 0.817. The lowest BCUT2D eigenvalue weighted by Gasteiger charge is -1.99. The van der Waals surface area contributed by atoms with Crippen LogP contribution in [0.1, 0.15) is 16.8 Å². The van der Waals surface area contributed by atoms with Crippen LogP contribution >= 0.6 is 0 Å². The Hall–Kier alpha value is -1.77. The second kappa shape index (κ2) is 3.67. The zero-order chi connectivity index (χ0) is 11.9. The average molecular weight is 216 g/mol. The average Bonchev–Trinajstić information content (AvgIpc) is 2.43. The number of amides is 1. The predicted molar refractivity (Wildman–Crippen MR) is 65.3 cm³/mol. The van der Waals surface area contributed by atoms with E-state index >= 15 is 0 Å². The van der Waals surface area contributed by atoms with Gasteiger partial charge in [-0.2, -0.15) is 0 Å². The minimum Gasteiger partial charge on any atom is -0.369 e. The van der Waals surface area contributed by atoms with E-state index in [1.165, 1.54) is 5.56 Å². The van der Waals surface area contributed by atoms with Gasteiger partial charge >= 0.3 is 0 Å². The number of carbonyl (C=O) groups is 1. The van der Waals surface area contributed by atoms with E-state index in [1.807, 2.05) is 14.0 Å². The van der Waals surface area contributed by atoms with Gasteiger partial charge in [-0.15, -0.1) is 0 Å². The van der Waals surface area contributed by atoms with Crippen LogP contribution in [0.5, 0.6) is 0 Å². The maximum absolute atomic E-state index is 11.1. The molecular formula is C13H16N2O. The van der Waals surface area contributed by atoms with Crippen molar-refractivity contribution in [1.82, 2.24) is 4.57 Å². The third-order valence-corrected chi connectivity index (χ3v) is 3.13. The van der Waals surface area contributed by atoms with Gasteiger partial charge in [0.05, 0.1) is 6.42 Å². The van der Waals surface area contributed by atoms with Gasteiger partial charge in [0.25, 0.3) is 0 Å². The molecule has 1 aromatic heterocycles. The van der Waals surface area contributed by atoms with Gasteiger partial charge in [-0.05, 0) is 31.0 Å². The second-order valence-corrected chi connectivity index (χ2v) is 4.29. The van der Waals surface area contributed by atoms with Gasteiger partial charge in [0.2, 0.25) is 5.91 Å². The minimum atomic E-state index is -0.281. The molecule has 1 aromatic carbocycles. The van der Waals surface area contributed by atoms with Crippen molar-refractivity contribution in [2.75, 3.05) is 0 Å². The number of fused-ring (bicyclic) bond motifs is 1. The standard InChI is InChI=1S/C13H16N2O/c1-8-4-5-10-11(7-13(14)16)9(2)15(3)12(10)6-8/h4-6H,7H2,1-3H3,(H2,14,16). The lowest BCUT2D eigenvalue weighted by molar-refractivity contribution is -0.117. The van der Waals surface area contributed by atoms with Gasteiger partial charge < -0.3 is 10.3 Å². The van der Waals surface area contributed by atoms with Crippen LogP contribution < -0.4 is 5.73 Å². The van der Waals surface area contributed by atoms with E-state index in [4.69, 9.17) is 5.73 Å². The van der Waals surface area contributed by atoms with Gasteiger partial charge in [-0.1, -0.05) is 12.1 Å². The second-order valence-electron chi connectivity index (χ2n) is 4.29. The summed E-state index contributed by atoms with van der Waals surface area (Å²) in [6.45, 7) is 4.09. The molecule has 1 heterocycles. The lowest BCUT2D eigenvalue weighted by Crippen LogP contribution is -2.14. The van der Waals surface area contributed by atoms with Crippen LogP contribution in [0.4, 0.5) is 0 Å². The Balaban J connectivity index is 2.73. The number of primary amides is 1. The topological polar surface area (TPSA) is 48.0 Å². The highest BCUT2D eigenvalue weighted by Gasteiger charge is 2.13. The normalized spacial score (nSPS) is 10.9. The molecule has 2 aromatic rings. The van der Waals surface area contributed by atoms with Crippen LogP contribution in [-0.2, 0) is 18.3 Å². The van der Waals surface area contributed by atoms with E-state index in [1.54, 1.807) is 0 Å². The van der Waals surface area contributed by atoms with Crippen LogP contribution in [0.2, 0.25) is 0 Å². The Morgan fingerprint density at radius 3 is 2.69 bits per heavy atom. The Bertz CT molecular complexity index is 567. The van der Waals surface area contributed by atoms with E-state index < -0.39 is 0 Å². The van der Waals surface area contributed by atoms with E-state index in [9.17, 15) is 4.79 Å². The highest BCUT2D eigenvalue weighted by molar-refractivity contribution is 5.90. The first-order chi connectivity index (χ1) is 7.50. The molecular weight excluding hydrogens is 200 g/mol. The van der Waals surface area contributed by atoms with E-state index in [-0.39, 0.29) is 5.91 Å². The van der Waals surface area contributed by atoms with E-state index in [0.29, 0.717) is 6.42 Å². The van der Waals surface area contributed by atoms with Crippen molar-refractivity contribution in [3.63, 3.8) is 0 Å². The van der Waals surface area contributed by atoms with Crippen LogP contribution in [0.25, 0.3) is 10.9 Å². The maximum atomic E-state index is 11.1. The molecule has 2 N–H and O–H groups in total. The third kappa shape index (κ3) is 1.58. The van der Waals surface area contributed by atoms with Crippen molar-refractivity contribution in [2.24, 2.45) is 12.8 Å². The molecule has 0 atom stereocenters. The first-order valence-electron chi connectivity index (χ1n) is 5.33. The summed E-state index contributed by atoms with van der Waals surface area (Å²) in [5.41, 5.74) is 9.81. The molecule has 0 spiro atoms. The van der Waals surface area contributed by atoms with E-state index in [2.05, 4.69) is 29.7 Å². The first-order valence-corrected chi connectivity index (χ1v) is 5.33. The molecule has 0 bridgehead atoms. The fourth-order valence-corrected chi connectivity index (χ4v) is 2.15. The smallest absolute Gasteiger partial charge is 0.221 e. The molecule has 0 radical (unpaired) electrons. The van der Waals surface area contributed by atoms with Crippen molar-refractivity contribution >= 4 is 16.8 Å². The number of rotatable bonds is 2. The van der Waals surface area contributed by atoms with Gasteiger partial charge in [0.15, 0.2) is 0 Å². The summed E-state index contributed by atoms with van der Waals surface area (Å²) in [4.78, 5) is 11.1. The number of nitrogens with two attached hydrogens (primary N) is 1. The molecule has 0 unspecified atom stereocenters. The molecule has 3 heteroatoms. The monoisotopic (exact) mass is 216 g/mol. The fraction of sp³-hybridized carbons (Fsp3) is 0.308. The summed E-state index contributed by atoms with van der Waals surface area (Å²) in [5.74, 6) is -0.281. The summed E-state index contributed by atoms with van der Waals surface area (Å²) in [6, 6.07) is 6.26. The summed E-state index contributed by atoms with van der Waals surface area (Å²) < 4.78 is 2.11. The van der Waals surface area contributed by atoms with Crippen molar-refractivity contribution in [3.8, 4) is 0 Å². The van der Waals surface area contributed by atoms with Crippen LogP contribution in [0, 0.1) is 13.8 Å². The summed E-state index contributed by atoms with van der Waals surface area (Å²) in [6.07, 6.45) is 0.312. The number of benzene rings is 1. The van der Waals surface area contributed by atoms with Gasteiger partial charge in [0, 0.05) is 23.6 Å². The van der Waals surface area contributed by atoms with Gasteiger partial charge in [0.1, 0.15) is 0 Å². The fourth-order valence-electron chi connectivity index (χ4n) is 2.15. The molecule has 16 heavy (non-hydrogen) atoms. The third-order valence-electron chi connectivity index (χ3n) is 3.13. The Morgan fingerprint density at radius 1 is 1.38 bits per heavy atom. The molecule has 0 fully saturated rings. The van der Waals surface area contributed by atoms with Crippen LogP contribution in [0.3, 0.4) is 0 Å². The Morgan fingerprint density at radius 2 is 2.06 bits per heavy atom. The molecule has 1 amide bonds. The summed E-state index contributed by atoms with van der Waals surface area (Å²) in [5, 5.41) is 1.13. The van der Waals surface area contributed by atoms with Crippen molar-refractivity contribution < 1.29 is 4.79 Å². The number of hydrogen-bond donors (Lipinski definition) is 1. The highest BCUT2D eigenvalue weighted by Crippen LogP contribution is 2.26. The number of hydrogen-bond acceptors (Lipinski definition) is 1. The molecule has 2 rings (SSSR count). The molecule has 0 saturated carbocycles. The zero-order valence-corrected chi connectivity index (χ0v) is 9.87. The lowest BCUT2D eigenvalue weighted by atomic mass is 10.1. The number of carbonyl (C=O) groups excluding carboxylic acids is 1. The SMILES string of the molecule is Cc1ccc2c(CC(N)=O)c(C)n(C)c2c1. The van der Waals surface area contributed by atoms with Crippen molar-refractivity contribution in [3.05, 3.63) is 35.0 Å². The summed E-state index contributed by atoms with van der Waals surface area (Å²) >= 11 is 0. The van der Waals surface area contributed by atoms with Crippen LogP contribution in [-0.4, -0.2) is 10.5 Å². The minimum absolute atomic E-state index is 0.281. The number of aromatic nitrogens is 1. The highest BCUT2D eigenvalue weighted by atomic mass is 16.1. The number of aryl methyl sites for hydroxylation is 2. The molecule has 0 saturated heterocycles. The summed E-state index contributed by atoms with van der Waals surface area (Å²) in [7, 11) is 2.02. The number of nitrogens with zero attached hydrogens (tertiary/aromatic N) is 1. The predicted octanol–water partition coefficient (Wildman–Crippen LogP) is 1.82. The molecule has 84 valence electrons. The van der Waals surface area contributed by atoms with E-state index in [0.717, 1.165) is 22.2 Å². The zero-order valence-electron chi connectivity index (χ0n) is 9.87. The largest absolute Gasteiger partial charge is 0.369 e. The molecule has 3 nitrogen and oxygen atoms in total. The Kier molecular flexibility index (Phi) is 2.46. The molecule has 0 aliphatic carbocycles.